The lowest BCUT2D eigenvalue weighted by Crippen LogP contribution is -2.59. The van der Waals surface area contributed by atoms with Crippen molar-refractivity contribution < 1.29 is 42.1 Å². The van der Waals surface area contributed by atoms with Crippen molar-refractivity contribution in [2.45, 2.75) is 45.1 Å². The van der Waals surface area contributed by atoms with Crippen LogP contribution in [0.4, 0.5) is 23.8 Å². The van der Waals surface area contributed by atoms with Gasteiger partial charge in [-0.05, 0) is 26.3 Å². The van der Waals surface area contributed by atoms with Crippen molar-refractivity contribution in [1.82, 2.24) is 14.7 Å². The lowest BCUT2D eigenvalue weighted by Gasteiger charge is -2.41. The van der Waals surface area contributed by atoms with Gasteiger partial charge in [0.25, 0.3) is 0 Å². The molecule has 1 N–H and O–H groups in total. The molecule has 1 aromatic heterocycles. The number of carboxylic acid groups (broad SMARTS) is 1. The minimum Gasteiger partial charge on any atom is -0.477 e. The number of halogens is 3. The number of ether oxygens (including phenoxy) is 2. The second kappa shape index (κ2) is 10.1. The van der Waals surface area contributed by atoms with Gasteiger partial charge in [-0.2, -0.15) is 18.3 Å². The Hall–Kier alpha value is -3.77. The van der Waals surface area contributed by atoms with E-state index in [1.165, 1.54) is 4.90 Å². The molecule has 1 saturated heterocycles. The number of piperazine rings is 1. The summed E-state index contributed by atoms with van der Waals surface area (Å²) in [5.41, 5.74) is -2.86. The predicted octanol–water partition coefficient (Wildman–Crippen LogP) is 3.25. The first kappa shape index (κ1) is 26.8. The highest BCUT2D eigenvalue weighted by molar-refractivity contribution is 5.95. The van der Waals surface area contributed by atoms with Gasteiger partial charge in [-0.3, -0.25) is 4.90 Å². The minimum atomic E-state index is -5.04. The molecule has 0 radical (unpaired) electrons. The molecule has 2 heterocycles. The summed E-state index contributed by atoms with van der Waals surface area (Å²) >= 11 is 0. The number of nitrogens with zero attached hydrogens (tertiary/aromatic N) is 4. The molecule has 1 aliphatic heterocycles. The average molecular weight is 512 g/mol. The third-order valence-corrected chi connectivity index (χ3v) is 5.36. The first-order valence-electron chi connectivity index (χ1n) is 11.0. The van der Waals surface area contributed by atoms with Gasteiger partial charge in [-0.25, -0.2) is 19.1 Å². The maximum atomic E-state index is 13.8. The van der Waals surface area contributed by atoms with Gasteiger partial charge in [0.15, 0.2) is 11.7 Å². The molecule has 196 valence electrons. The first-order valence-corrected chi connectivity index (χ1v) is 11.0. The van der Waals surface area contributed by atoms with Gasteiger partial charge in [-0.1, -0.05) is 30.3 Å². The monoisotopic (exact) mass is 512 g/mol. The molecular weight excluding hydrogens is 485 g/mol. The molecule has 3 rings (SSSR count). The molecule has 13 heteroatoms. The average Bonchev–Trinajstić information content (AvgIpc) is 3.17. The number of aromatic carboxylic acids is 1. The van der Waals surface area contributed by atoms with E-state index in [9.17, 15) is 32.7 Å². The lowest BCUT2D eigenvalue weighted by molar-refractivity contribution is -0.147. The number of methoxy groups -OCH3 is 1. The van der Waals surface area contributed by atoms with Gasteiger partial charge < -0.3 is 19.5 Å². The zero-order valence-corrected chi connectivity index (χ0v) is 20.2. The highest BCUT2D eigenvalue weighted by Gasteiger charge is 2.45. The molecule has 1 atom stereocenters. The largest absolute Gasteiger partial charge is 0.477 e. The summed E-state index contributed by atoms with van der Waals surface area (Å²) in [5.74, 6) is -2.97. The number of carboxylic acids is 1. The number of anilines is 1. The minimum absolute atomic E-state index is 0.0786. The van der Waals surface area contributed by atoms with E-state index < -0.39 is 47.1 Å². The number of hydrogen-bond donors (Lipinski definition) is 1. The molecule has 0 aliphatic carbocycles. The van der Waals surface area contributed by atoms with E-state index in [1.54, 1.807) is 51.1 Å². The summed E-state index contributed by atoms with van der Waals surface area (Å²) in [7, 11) is 1.11. The lowest BCUT2D eigenvalue weighted by atomic mass is 10.1. The normalized spacial score (nSPS) is 16.6. The summed E-state index contributed by atoms with van der Waals surface area (Å²) in [6, 6.07) is 7.18. The molecule has 1 aromatic carbocycles. The number of hydrogen-bond acceptors (Lipinski definition) is 7. The topological polar surface area (TPSA) is 114 Å². The molecule has 1 amide bonds. The fourth-order valence-corrected chi connectivity index (χ4v) is 3.89. The maximum Gasteiger partial charge on any atom is 0.436 e. The van der Waals surface area contributed by atoms with Crippen LogP contribution in [0.15, 0.2) is 30.3 Å². The Labute approximate surface area is 205 Å². The van der Waals surface area contributed by atoms with Crippen LogP contribution in [0.25, 0.3) is 0 Å². The molecule has 1 aliphatic rings. The van der Waals surface area contributed by atoms with E-state index >= 15 is 0 Å². The highest BCUT2D eigenvalue weighted by Crippen LogP contribution is 2.37. The van der Waals surface area contributed by atoms with E-state index in [1.807, 2.05) is 0 Å². The van der Waals surface area contributed by atoms with E-state index in [0.29, 0.717) is 5.56 Å². The van der Waals surface area contributed by atoms with E-state index in [-0.39, 0.29) is 32.0 Å². The molecule has 2 aromatic rings. The number of carbonyl (C=O) groups is 3. The quantitative estimate of drug-likeness (QED) is 0.608. The number of alkyl halides is 3. The summed E-state index contributed by atoms with van der Waals surface area (Å²) in [5, 5.41) is 13.4. The van der Waals surface area contributed by atoms with Gasteiger partial charge in [0.2, 0.25) is 0 Å². The Balaban J connectivity index is 2.07. The summed E-state index contributed by atoms with van der Waals surface area (Å²) < 4.78 is 52.5. The Morgan fingerprint density at radius 3 is 2.28 bits per heavy atom. The van der Waals surface area contributed by atoms with Gasteiger partial charge >= 0.3 is 24.2 Å². The Kier molecular flexibility index (Phi) is 7.51. The predicted molar refractivity (Wildman–Crippen MR) is 121 cm³/mol. The van der Waals surface area contributed by atoms with E-state index in [0.717, 1.165) is 16.7 Å². The third kappa shape index (κ3) is 5.89. The van der Waals surface area contributed by atoms with Crippen molar-refractivity contribution in [1.29, 1.82) is 0 Å². The number of esters is 1. The molecule has 36 heavy (non-hydrogen) atoms. The Morgan fingerprint density at radius 2 is 1.75 bits per heavy atom. The highest BCUT2D eigenvalue weighted by atomic mass is 19.4. The second-order valence-corrected chi connectivity index (χ2v) is 9.15. The fraction of sp³-hybridized carbons (Fsp3) is 0.478. The van der Waals surface area contributed by atoms with Crippen LogP contribution in [0.5, 0.6) is 0 Å². The number of amides is 1. The molecular formula is C23H27F3N4O6. The fourth-order valence-electron chi connectivity index (χ4n) is 3.89. The van der Waals surface area contributed by atoms with E-state index in [2.05, 4.69) is 5.10 Å². The SMILES string of the molecule is COC(=O)[C@@H]1CN(c2c(C(=O)O)c(C(F)(F)F)nn2Cc2ccccc2)CCN1C(=O)OC(C)(C)C. The molecule has 0 spiro atoms. The Bertz CT molecular complexity index is 1130. The van der Waals surface area contributed by atoms with Crippen LogP contribution < -0.4 is 4.90 Å². The summed E-state index contributed by atoms with van der Waals surface area (Å²) in [6.07, 6.45) is -5.84. The Morgan fingerprint density at radius 1 is 1.11 bits per heavy atom. The number of carbonyl (C=O) groups excluding carboxylic acids is 2. The van der Waals surface area contributed by atoms with Crippen LogP contribution in [-0.4, -0.2) is 76.2 Å². The standard InChI is InChI=1S/C23H27F3N4O6/c1-22(2,3)36-21(34)29-11-10-28(13-15(29)20(33)35-4)18-16(19(31)32)17(23(24,25)26)27-30(18)12-14-8-6-5-7-9-14/h5-9,15H,10-13H2,1-4H3,(H,31,32)/t15-/m0/s1. The first-order chi connectivity index (χ1) is 16.7. The van der Waals surface area contributed by atoms with Crippen molar-refractivity contribution in [3.63, 3.8) is 0 Å². The van der Waals surface area contributed by atoms with Crippen LogP contribution in [0.3, 0.4) is 0 Å². The smallest absolute Gasteiger partial charge is 0.436 e. The van der Waals surface area contributed by atoms with Crippen LogP contribution in [0.1, 0.15) is 42.4 Å². The zero-order valence-electron chi connectivity index (χ0n) is 20.2. The summed E-state index contributed by atoms with van der Waals surface area (Å²) in [4.78, 5) is 39.8. The number of benzene rings is 1. The zero-order chi connectivity index (χ0) is 26.8. The van der Waals surface area contributed by atoms with Crippen LogP contribution in [0.2, 0.25) is 0 Å². The second-order valence-electron chi connectivity index (χ2n) is 9.15. The molecule has 0 unspecified atom stereocenters. The van der Waals surface area contributed by atoms with Crippen molar-refractivity contribution in [2.75, 3.05) is 31.6 Å². The summed E-state index contributed by atoms with van der Waals surface area (Å²) in [6.45, 7) is 4.25. The van der Waals surface area contributed by atoms with Crippen molar-refractivity contribution in [3.05, 3.63) is 47.2 Å². The molecule has 10 nitrogen and oxygen atoms in total. The van der Waals surface area contributed by atoms with Gasteiger partial charge in [0.05, 0.1) is 20.2 Å². The number of aromatic nitrogens is 2. The van der Waals surface area contributed by atoms with E-state index in [4.69, 9.17) is 9.47 Å². The molecule has 0 saturated carbocycles. The van der Waals surface area contributed by atoms with Gasteiger partial charge in [-0.15, -0.1) is 0 Å². The van der Waals surface area contributed by atoms with Crippen LogP contribution in [0, 0.1) is 0 Å². The van der Waals surface area contributed by atoms with Crippen molar-refractivity contribution in [2.24, 2.45) is 0 Å². The molecule has 1 fully saturated rings. The van der Waals surface area contributed by atoms with Crippen LogP contribution in [-0.2, 0) is 27.0 Å². The van der Waals surface area contributed by atoms with Gasteiger partial charge in [0, 0.05) is 13.1 Å². The maximum absolute atomic E-state index is 13.8. The van der Waals surface area contributed by atoms with Crippen molar-refractivity contribution in [3.8, 4) is 0 Å². The van der Waals surface area contributed by atoms with Crippen LogP contribution >= 0.6 is 0 Å². The molecule has 0 bridgehead atoms. The third-order valence-electron chi connectivity index (χ3n) is 5.36. The number of rotatable bonds is 5. The van der Waals surface area contributed by atoms with Crippen molar-refractivity contribution >= 4 is 23.8 Å². The van der Waals surface area contributed by atoms with Gasteiger partial charge in [0.1, 0.15) is 17.0 Å².